The van der Waals surface area contributed by atoms with Gasteiger partial charge in [-0.3, -0.25) is 4.90 Å². The van der Waals surface area contributed by atoms with E-state index in [1.54, 1.807) is 4.90 Å². The van der Waals surface area contributed by atoms with Gasteiger partial charge in [-0.25, -0.2) is 9.59 Å². The number of benzene rings is 1. The van der Waals surface area contributed by atoms with Gasteiger partial charge in [-0.05, 0) is 30.9 Å². The number of carbonyl (C=O) groups excluding carboxylic acids is 2. The summed E-state index contributed by atoms with van der Waals surface area (Å²) >= 11 is 0. The number of hydrogen-bond acceptors (Lipinski definition) is 3. The highest BCUT2D eigenvalue weighted by Gasteiger charge is 2.37. The van der Waals surface area contributed by atoms with Crippen LogP contribution in [0.15, 0.2) is 24.3 Å². The molecule has 0 radical (unpaired) electrons. The summed E-state index contributed by atoms with van der Waals surface area (Å²) in [4.78, 5) is 28.6. The van der Waals surface area contributed by atoms with Crippen molar-refractivity contribution >= 4 is 17.8 Å². The molecule has 1 saturated heterocycles. The topological polar surface area (TPSA) is 61.9 Å². The van der Waals surface area contributed by atoms with Crippen molar-refractivity contribution in [3.05, 3.63) is 29.8 Å². The lowest BCUT2D eigenvalue weighted by molar-refractivity contribution is 0.175. The predicted octanol–water partition coefficient (Wildman–Crippen LogP) is 3.26. The van der Waals surface area contributed by atoms with E-state index in [2.05, 4.69) is 5.32 Å². The summed E-state index contributed by atoms with van der Waals surface area (Å²) in [5.41, 5.74) is 1.86. The molecule has 0 spiro atoms. The molecular formula is C19H25N3O3. The lowest BCUT2D eigenvalue weighted by Gasteiger charge is -2.33. The molecule has 0 bridgehead atoms. The van der Waals surface area contributed by atoms with Gasteiger partial charge in [0.05, 0.1) is 11.7 Å². The van der Waals surface area contributed by atoms with E-state index >= 15 is 0 Å². The first-order valence-electron chi connectivity index (χ1n) is 9.32. The maximum Gasteiger partial charge on any atom is 0.414 e. The number of rotatable bonds is 1. The molecule has 4 rings (SSSR count). The van der Waals surface area contributed by atoms with E-state index in [9.17, 15) is 9.59 Å². The third-order valence-corrected chi connectivity index (χ3v) is 5.53. The van der Waals surface area contributed by atoms with E-state index in [1.807, 2.05) is 29.2 Å². The Morgan fingerprint density at radius 1 is 1.12 bits per heavy atom. The van der Waals surface area contributed by atoms with Crippen LogP contribution in [0.5, 0.6) is 0 Å². The highest BCUT2D eigenvalue weighted by atomic mass is 16.6. The molecule has 1 aromatic carbocycles. The molecule has 0 unspecified atom stereocenters. The van der Waals surface area contributed by atoms with E-state index in [0.29, 0.717) is 25.7 Å². The molecule has 6 nitrogen and oxygen atoms in total. The van der Waals surface area contributed by atoms with Crippen LogP contribution < -0.4 is 10.2 Å². The molecule has 1 aromatic rings. The van der Waals surface area contributed by atoms with Crippen molar-refractivity contribution in [3.8, 4) is 0 Å². The number of carbonyl (C=O) groups is 2. The van der Waals surface area contributed by atoms with Crippen molar-refractivity contribution in [2.75, 3.05) is 18.1 Å². The monoisotopic (exact) mass is 343 g/mol. The summed E-state index contributed by atoms with van der Waals surface area (Å²) in [7, 11) is 0. The van der Waals surface area contributed by atoms with Crippen LogP contribution in [-0.2, 0) is 11.3 Å². The summed E-state index contributed by atoms with van der Waals surface area (Å²) in [5.74, 6) is 0. The molecule has 2 heterocycles. The number of nitrogens with zero attached hydrogens (tertiary/aromatic N) is 2. The normalized spacial score (nSPS) is 24.0. The molecule has 3 aliphatic rings. The van der Waals surface area contributed by atoms with Crippen LogP contribution >= 0.6 is 0 Å². The largest absolute Gasteiger partial charge is 0.447 e. The van der Waals surface area contributed by atoms with Gasteiger partial charge in [0.1, 0.15) is 6.61 Å². The molecule has 134 valence electrons. The first-order valence-corrected chi connectivity index (χ1v) is 9.32. The van der Waals surface area contributed by atoms with Crippen molar-refractivity contribution in [2.45, 2.75) is 57.2 Å². The zero-order chi connectivity index (χ0) is 17.2. The Kier molecular flexibility index (Phi) is 4.51. The Morgan fingerprint density at radius 3 is 2.76 bits per heavy atom. The number of para-hydroxylation sites is 1. The van der Waals surface area contributed by atoms with Crippen LogP contribution in [0, 0.1) is 0 Å². The highest BCUT2D eigenvalue weighted by Crippen LogP contribution is 2.31. The van der Waals surface area contributed by atoms with E-state index in [-0.39, 0.29) is 18.2 Å². The third kappa shape index (κ3) is 3.30. The second-order valence-corrected chi connectivity index (χ2v) is 7.22. The Balaban J connectivity index is 1.54. The van der Waals surface area contributed by atoms with Gasteiger partial charge in [-0.15, -0.1) is 0 Å². The zero-order valence-electron chi connectivity index (χ0n) is 14.4. The average Bonchev–Trinajstić information content (AvgIpc) is 2.97. The van der Waals surface area contributed by atoms with Gasteiger partial charge in [-0.1, -0.05) is 37.5 Å². The van der Waals surface area contributed by atoms with Gasteiger partial charge in [0.2, 0.25) is 0 Å². The summed E-state index contributed by atoms with van der Waals surface area (Å²) in [5, 5.41) is 3.21. The minimum atomic E-state index is -0.280. The molecular weight excluding hydrogens is 318 g/mol. The number of ether oxygens (including phenoxy) is 1. The average molecular weight is 343 g/mol. The van der Waals surface area contributed by atoms with E-state index in [1.165, 1.54) is 19.3 Å². The molecule has 3 amide bonds. The molecule has 2 aliphatic heterocycles. The second kappa shape index (κ2) is 6.94. The number of anilines is 1. The van der Waals surface area contributed by atoms with Crippen LogP contribution in [0.4, 0.5) is 15.3 Å². The number of amides is 3. The van der Waals surface area contributed by atoms with Crippen molar-refractivity contribution in [3.63, 3.8) is 0 Å². The minimum absolute atomic E-state index is 0.000990. The number of nitrogens with one attached hydrogen (secondary N) is 1. The maximum atomic E-state index is 12.8. The van der Waals surface area contributed by atoms with Gasteiger partial charge in [0.25, 0.3) is 0 Å². The van der Waals surface area contributed by atoms with E-state index < -0.39 is 0 Å². The molecule has 1 atom stereocenters. The number of fused-ring (bicyclic) bond motifs is 3. The second-order valence-electron chi connectivity index (χ2n) is 7.22. The Hall–Kier alpha value is -2.24. The van der Waals surface area contributed by atoms with Crippen molar-refractivity contribution in [2.24, 2.45) is 0 Å². The zero-order valence-corrected chi connectivity index (χ0v) is 14.4. The fraction of sp³-hybridized carbons (Fsp3) is 0.579. The highest BCUT2D eigenvalue weighted by molar-refractivity contribution is 5.91. The summed E-state index contributed by atoms with van der Waals surface area (Å²) in [6, 6.07) is 8.12. The van der Waals surface area contributed by atoms with Gasteiger partial charge in [-0.2, -0.15) is 0 Å². The van der Waals surface area contributed by atoms with Crippen LogP contribution in [0.3, 0.4) is 0 Å². The quantitative estimate of drug-likeness (QED) is 0.851. The smallest absolute Gasteiger partial charge is 0.414 e. The number of cyclic esters (lactones) is 1. The van der Waals surface area contributed by atoms with Crippen molar-refractivity contribution in [1.82, 2.24) is 10.2 Å². The molecule has 1 aliphatic carbocycles. The summed E-state index contributed by atoms with van der Waals surface area (Å²) in [6.45, 7) is 1.54. The van der Waals surface area contributed by atoms with Gasteiger partial charge < -0.3 is 15.0 Å². The molecule has 2 fully saturated rings. The van der Waals surface area contributed by atoms with Crippen LogP contribution in [0.25, 0.3) is 0 Å². The Morgan fingerprint density at radius 2 is 1.92 bits per heavy atom. The molecule has 1 N–H and O–H groups in total. The maximum absolute atomic E-state index is 12.8. The van der Waals surface area contributed by atoms with E-state index in [0.717, 1.165) is 30.5 Å². The standard InChI is InChI=1S/C19H25N3O3/c23-18(20-15-7-2-1-3-8-15)21-11-10-16-13-25-19(24)22(16)17-9-5-4-6-14(17)12-21/h4-6,9,15-16H,1-3,7-8,10-13H2,(H,20,23)/t16-/m0/s1. The number of hydrogen-bond donors (Lipinski definition) is 1. The molecule has 25 heavy (non-hydrogen) atoms. The molecule has 0 aromatic heterocycles. The third-order valence-electron chi connectivity index (χ3n) is 5.53. The first kappa shape index (κ1) is 16.2. The van der Waals surface area contributed by atoms with Gasteiger partial charge in [0, 0.05) is 19.1 Å². The van der Waals surface area contributed by atoms with Crippen LogP contribution in [-0.4, -0.2) is 42.3 Å². The van der Waals surface area contributed by atoms with Crippen molar-refractivity contribution < 1.29 is 14.3 Å². The lowest BCUT2D eigenvalue weighted by Crippen LogP contribution is -2.48. The summed E-state index contributed by atoms with van der Waals surface area (Å²) in [6.07, 6.45) is 6.28. The fourth-order valence-electron chi connectivity index (χ4n) is 4.12. The van der Waals surface area contributed by atoms with Crippen LogP contribution in [0.2, 0.25) is 0 Å². The minimum Gasteiger partial charge on any atom is -0.447 e. The first-order chi connectivity index (χ1) is 12.2. The predicted molar refractivity (Wildman–Crippen MR) is 94.5 cm³/mol. The van der Waals surface area contributed by atoms with Crippen molar-refractivity contribution in [1.29, 1.82) is 0 Å². The van der Waals surface area contributed by atoms with E-state index in [4.69, 9.17) is 4.74 Å². The molecule has 1 saturated carbocycles. The number of urea groups is 1. The SMILES string of the molecule is O=C(NC1CCCCC1)N1CC[C@H]2COC(=O)N2c2ccccc2C1. The van der Waals surface area contributed by atoms with Gasteiger partial charge >= 0.3 is 12.1 Å². The molecule has 6 heteroatoms. The van der Waals surface area contributed by atoms with Gasteiger partial charge in [0.15, 0.2) is 0 Å². The summed E-state index contributed by atoms with van der Waals surface area (Å²) < 4.78 is 5.25. The Bertz CT molecular complexity index is 657. The lowest BCUT2D eigenvalue weighted by atomic mass is 9.96. The Labute approximate surface area is 148 Å². The fourth-order valence-corrected chi connectivity index (χ4v) is 4.12. The van der Waals surface area contributed by atoms with Crippen LogP contribution in [0.1, 0.15) is 44.1 Å².